The number of hydrogen-bond donors (Lipinski definition) is 2. The fourth-order valence-corrected chi connectivity index (χ4v) is 3.40. The van der Waals surface area contributed by atoms with Gasteiger partial charge in [-0.05, 0) is 61.9 Å². The van der Waals surface area contributed by atoms with Crippen LogP contribution in [0.3, 0.4) is 0 Å². The normalized spacial score (nSPS) is 18.8. The number of aromatic nitrogens is 2. The van der Waals surface area contributed by atoms with Crippen molar-refractivity contribution in [1.29, 1.82) is 5.26 Å². The van der Waals surface area contributed by atoms with Gasteiger partial charge in [0.15, 0.2) is 0 Å². The Morgan fingerprint density at radius 3 is 2.54 bits per heavy atom. The van der Waals surface area contributed by atoms with Crippen LogP contribution in [-0.2, 0) is 0 Å². The van der Waals surface area contributed by atoms with Crippen LogP contribution in [0.1, 0.15) is 41.6 Å². The van der Waals surface area contributed by atoms with Crippen LogP contribution in [0.5, 0.6) is 0 Å². The zero-order chi connectivity index (χ0) is 19.9. The molecule has 1 aromatic carbocycles. The molecule has 1 fully saturated rings. The lowest BCUT2D eigenvalue weighted by Crippen LogP contribution is -2.34. The van der Waals surface area contributed by atoms with Crippen molar-refractivity contribution in [2.75, 3.05) is 30.9 Å². The lowest BCUT2D eigenvalue weighted by Gasteiger charge is -2.29. The van der Waals surface area contributed by atoms with Crippen LogP contribution in [0, 0.1) is 17.2 Å². The Bertz CT molecular complexity index is 835. The van der Waals surface area contributed by atoms with E-state index in [4.69, 9.17) is 5.26 Å². The van der Waals surface area contributed by atoms with Gasteiger partial charge in [-0.2, -0.15) is 10.2 Å². The first-order valence-electron chi connectivity index (χ1n) is 9.60. The number of carbonyl (C=O) groups excluding carboxylic acids is 1. The first kappa shape index (κ1) is 19.6. The SMILES string of the molecule is CN(C)c1ccnc(NC2CCC(CNC(=O)c3ccc(C#N)cc3)CC2)n1. The van der Waals surface area contributed by atoms with Gasteiger partial charge >= 0.3 is 0 Å². The smallest absolute Gasteiger partial charge is 0.251 e. The summed E-state index contributed by atoms with van der Waals surface area (Å²) in [6, 6.07) is 11.0. The van der Waals surface area contributed by atoms with Gasteiger partial charge in [0.2, 0.25) is 5.95 Å². The number of carbonyl (C=O) groups is 1. The summed E-state index contributed by atoms with van der Waals surface area (Å²) in [5.41, 5.74) is 1.15. The van der Waals surface area contributed by atoms with Crippen LogP contribution in [0.4, 0.5) is 11.8 Å². The van der Waals surface area contributed by atoms with Crippen molar-refractivity contribution in [2.24, 2.45) is 5.92 Å². The Morgan fingerprint density at radius 1 is 1.18 bits per heavy atom. The van der Waals surface area contributed by atoms with Gasteiger partial charge in [-0.15, -0.1) is 0 Å². The highest BCUT2D eigenvalue weighted by atomic mass is 16.1. The third-order valence-corrected chi connectivity index (χ3v) is 5.11. The summed E-state index contributed by atoms with van der Waals surface area (Å²) in [6.07, 6.45) is 5.95. The van der Waals surface area contributed by atoms with Crippen molar-refractivity contribution in [2.45, 2.75) is 31.7 Å². The second-order valence-electron chi connectivity index (χ2n) is 7.39. The Kier molecular flexibility index (Phi) is 6.43. The fraction of sp³-hybridized carbons (Fsp3) is 0.429. The Morgan fingerprint density at radius 2 is 1.89 bits per heavy atom. The number of amides is 1. The number of nitrogens with one attached hydrogen (secondary N) is 2. The van der Waals surface area contributed by atoms with E-state index in [0.717, 1.165) is 31.5 Å². The van der Waals surface area contributed by atoms with Gasteiger partial charge in [-0.1, -0.05) is 0 Å². The van der Waals surface area contributed by atoms with Crippen molar-refractivity contribution in [1.82, 2.24) is 15.3 Å². The van der Waals surface area contributed by atoms with E-state index in [2.05, 4.69) is 26.7 Å². The van der Waals surface area contributed by atoms with E-state index in [0.29, 0.717) is 35.6 Å². The van der Waals surface area contributed by atoms with E-state index in [-0.39, 0.29) is 5.91 Å². The molecule has 1 heterocycles. The fourth-order valence-electron chi connectivity index (χ4n) is 3.40. The zero-order valence-electron chi connectivity index (χ0n) is 16.4. The minimum Gasteiger partial charge on any atom is -0.363 e. The molecule has 1 aliphatic rings. The van der Waals surface area contributed by atoms with Crippen LogP contribution in [0.25, 0.3) is 0 Å². The molecular formula is C21H26N6O. The van der Waals surface area contributed by atoms with E-state index < -0.39 is 0 Å². The standard InChI is InChI=1S/C21H26N6O/c1-27(2)19-11-12-23-21(26-19)25-18-9-5-16(6-10-18)14-24-20(28)17-7-3-15(13-22)4-8-17/h3-4,7-8,11-12,16,18H,5-6,9-10,14H2,1-2H3,(H,24,28)(H,23,25,26). The molecule has 1 aromatic heterocycles. The maximum absolute atomic E-state index is 12.3. The summed E-state index contributed by atoms with van der Waals surface area (Å²) in [5, 5.41) is 15.3. The summed E-state index contributed by atoms with van der Waals surface area (Å²) >= 11 is 0. The van der Waals surface area contributed by atoms with Crippen LogP contribution >= 0.6 is 0 Å². The number of rotatable bonds is 6. The van der Waals surface area contributed by atoms with Crippen LogP contribution < -0.4 is 15.5 Å². The lowest BCUT2D eigenvalue weighted by atomic mass is 9.86. The van der Waals surface area contributed by atoms with E-state index in [1.165, 1.54) is 0 Å². The molecule has 2 aromatic rings. The highest BCUT2D eigenvalue weighted by molar-refractivity contribution is 5.94. The summed E-state index contributed by atoms with van der Waals surface area (Å²) < 4.78 is 0. The van der Waals surface area contributed by atoms with Gasteiger partial charge in [0.1, 0.15) is 5.82 Å². The van der Waals surface area contributed by atoms with Gasteiger partial charge in [-0.25, -0.2) is 4.98 Å². The highest BCUT2D eigenvalue weighted by Crippen LogP contribution is 2.26. The average molecular weight is 378 g/mol. The first-order chi connectivity index (χ1) is 13.5. The third kappa shape index (κ3) is 5.19. The van der Waals surface area contributed by atoms with Crippen molar-refractivity contribution in [3.63, 3.8) is 0 Å². The van der Waals surface area contributed by atoms with Crippen molar-refractivity contribution in [3.05, 3.63) is 47.7 Å². The highest BCUT2D eigenvalue weighted by Gasteiger charge is 2.22. The van der Waals surface area contributed by atoms with Crippen LogP contribution in [-0.4, -0.2) is 42.6 Å². The molecule has 0 bridgehead atoms. The Hall–Kier alpha value is -3.14. The average Bonchev–Trinajstić information content (AvgIpc) is 2.73. The van der Waals surface area contributed by atoms with E-state index in [9.17, 15) is 4.79 Å². The molecule has 0 saturated heterocycles. The Balaban J connectivity index is 1.43. The quantitative estimate of drug-likeness (QED) is 0.803. The number of nitrogens with zero attached hydrogens (tertiary/aromatic N) is 4. The molecule has 0 aliphatic heterocycles. The number of hydrogen-bond acceptors (Lipinski definition) is 6. The minimum atomic E-state index is -0.0846. The lowest BCUT2D eigenvalue weighted by molar-refractivity contribution is 0.0943. The number of nitriles is 1. The molecule has 2 N–H and O–H groups in total. The summed E-state index contributed by atoms with van der Waals surface area (Å²) in [6.45, 7) is 0.679. The van der Waals surface area contributed by atoms with Gasteiger partial charge in [0.05, 0.1) is 11.6 Å². The van der Waals surface area contributed by atoms with E-state index >= 15 is 0 Å². The summed E-state index contributed by atoms with van der Waals surface area (Å²) in [5.74, 6) is 1.95. The maximum atomic E-state index is 12.3. The molecular weight excluding hydrogens is 352 g/mol. The summed E-state index contributed by atoms with van der Waals surface area (Å²) in [4.78, 5) is 23.0. The maximum Gasteiger partial charge on any atom is 0.251 e. The largest absolute Gasteiger partial charge is 0.363 e. The van der Waals surface area contributed by atoms with Gasteiger partial charge < -0.3 is 15.5 Å². The summed E-state index contributed by atoms with van der Waals surface area (Å²) in [7, 11) is 3.92. The molecule has 7 heteroatoms. The molecule has 3 rings (SSSR count). The van der Waals surface area contributed by atoms with E-state index in [1.54, 1.807) is 30.5 Å². The van der Waals surface area contributed by atoms with Crippen LogP contribution in [0.15, 0.2) is 36.5 Å². The predicted molar refractivity (Wildman–Crippen MR) is 109 cm³/mol. The van der Waals surface area contributed by atoms with Crippen molar-refractivity contribution >= 4 is 17.7 Å². The zero-order valence-corrected chi connectivity index (χ0v) is 16.4. The number of anilines is 2. The Labute approximate surface area is 165 Å². The van der Waals surface area contributed by atoms with Gasteiger partial charge in [-0.3, -0.25) is 4.79 Å². The second kappa shape index (κ2) is 9.18. The van der Waals surface area contributed by atoms with E-state index in [1.807, 2.05) is 25.1 Å². The van der Waals surface area contributed by atoms with Crippen molar-refractivity contribution in [3.8, 4) is 6.07 Å². The van der Waals surface area contributed by atoms with Crippen molar-refractivity contribution < 1.29 is 4.79 Å². The predicted octanol–water partition coefficient (Wildman–Crippen LogP) is 2.81. The molecule has 1 saturated carbocycles. The number of benzene rings is 1. The minimum absolute atomic E-state index is 0.0846. The first-order valence-corrected chi connectivity index (χ1v) is 9.60. The molecule has 28 heavy (non-hydrogen) atoms. The molecule has 1 aliphatic carbocycles. The topological polar surface area (TPSA) is 93.9 Å². The molecule has 0 atom stereocenters. The third-order valence-electron chi connectivity index (χ3n) is 5.11. The van der Waals surface area contributed by atoms with Gasteiger partial charge in [0.25, 0.3) is 5.91 Å². The monoisotopic (exact) mass is 378 g/mol. The molecule has 0 radical (unpaired) electrons. The van der Waals surface area contributed by atoms with Crippen LogP contribution in [0.2, 0.25) is 0 Å². The molecule has 1 amide bonds. The molecule has 146 valence electrons. The molecule has 0 unspecified atom stereocenters. The van der Waals surface area contributed by atoms with Gasteiger partial charge in [0, 0.05) is 38.4 Å². The second-order valence-corrected chi connectivity index (χ2v) is 7.39. The molecule has 7 nitrogen and oxygen atoms in total. The molecule has 0 spiro atoms.